The summed E-state index contributed by atoms with van der Waals surface area (Å²) in [7, 11) is 0. The summed E-state index contributed by atoms with van der Waals surface area (Å²) in [4.78, 5) is 14.2. The maximum Gasteiger partial charge on any atom is 0.268 e. The molecule has 0 aromatic heterocycles. The van der Waals surface area contributed by atoms with Crippen LogP contribution in [0.1, 0.15) is 18.1 Å². The average molecular weight is 327 g/mol. The highest BCUT2D eigenvalue weighted by Crippen LogP contribution is 2.37. The molecule has 2 aromatic rings. The lowest BCUT2D eigenvalue weighted by atomic mass is 10.0. The summed E-state index contributed by atoms with van der Waals surface area (Å²) in [5.74, 6) is 0.359. The van der Waals surface area contributed by atoms with Gasteiger partial charge < -0.3 is 19.8 Å². The van der Waals surface area contributed by atoms with Crippen molar-refractivity contribution in [2.45, 2.75) is 25.9 Å². The summed E-state index contributed by atoms with van der Waals surface area (Å²) in [5, 5.41) is 18.9. The third kappa shape index (κ3) is 3.21. The monoisotopic (exact) mass is 327 g/mol. The number of fused-ring (bicyclic) bond motifs is 1. The van der Waals surface area contributed by atoms with Gasteiger partial charge in [0, 0.05) is 19.0 Å². The number of anilines is 1. The summed E-state index contributed by atoms with van der Waals surface area (Å²) >= 11 is 0. The van der Waals surface area contributed by atoms with Crippen LogP contribution in [0.3, 0.4) is 0 Å². The minimum absolute atomic E-state index is 0.0816. The van der Waals surface area contributed by atoms with Crippen molar-refractivity contribution < 1.29 is 19.7 Å². The van der Waals surface area contributed by atoms with Crippen LogP contribution >= 0.6 is 0 Å². The number of aryl methyl sites for hydroxylation is 1. The van der Waals surface area contributed by atoms with Gasteiger partial charge in [0.25, 0.3) is 5.91 Å². The largest absolute Gasteiger partial charge is 0.508 e. The van der Waals surface area contributed by atoms with Crippen molar-refractivity contribution in [3.63, 3.8) is 0 Å². The van der Waals surface area contributed by atoms with Crippen molar-refractivity contribution in [3.05, 3.63) is 53.6 Å². The van der Waals surface area contributed by atoms with E-state index in [0.717, 1.165) is 12.0 Å². The Morgan fingerprint density at radius 2 is 1.83 bits per heavy atom. The zero-order valence-corrected chi connectivity index (χ0v) is 13.6. The molecule has 3 rings (SSSR count). The fourth-order valence-corrected chi connectivity index (χ4v) is 2.90. The summed E-state index contributed by atoms with van der Waals surface area (Å²) in [5.41, 5.74) is 2.83. The highest BCUT2D eigenvalue weighted by molar-refractivity contribution is 6.00. The lowest BCUT2D eigenvalue weighted by Gasteiger charge is -2.34. The number of phenols is 1. The molecule has 1 atom stereocenters. The van der Waals surface area contributed by atoms with Gasteiger partial charge in [-0.2, -0.15) is 0 Å². The quantitative estimate of drug-likeness (QED) is 0.884. The fraction of sp³-hybridized carbons (Fsp3) is 0.316. The molecule has 1 amide bonds. The van der Waals surface area contributed by atoms with Gasteiger partial charge in [-0.05, 0) is 29.7 Å². The van der Waals surface area contributed by atoms with E-state index in [1.165, 1.54) is 22.6 Å². The molecule has 0 aliphatic carbocycles. The van der Waals surface area contributed by atoms with Crippen LogP contribution in [0.15, 0.2) is 42.5 Å². The van der Waals surface area contributed by atoms with Crippen LogP contribution in [0.25, 0.3) is 0 Å². The third-order valence-electron chi connectivity index (χ3n) is 4.22. The predicted octanol–water partition coefficient (Wildman–Crippen LogP) is 2.28. The van der Waals surface area contributed by atoms with Gasteiger partial charge in [-0.15, -0.1) is 0 Å². The zero-order valence-electron chi connectivity index (χ0n) is 13.6. The van der Waals surface area contributed by atoms with E-state index in [4.69, 9.17) is 4.74 Å². The SMILES string of the molecule is CCc1ccc(CC2Oc3cc(O)ccc3N(CCO)C2=O)cc1. The van der Waals surface area contributed by atoms with Crippen LogP contribution in [0.4, 0.5) is 5.69 Å². The molecule has 2 aromatic carbocycles. The van der Waals surface area contributed by atoms with E-state index in [1.807, 2.05) is 24.3 Å². The van der Waals surface area contributed by atoms with Crippen LogP contribution in [0.2, 0.25) is 0 Å². The topological polar surface area (TPSA) is 70.0 Å². The van der Waals surface area contributed by atoms with E-state index in [1.54, 1.807) is 6.07 Å². The number of carbonyl (C=O) groups is 1. The molecule has 0 radical (unpaired) electrons. The predicted molar refractivity (Wildman–Crippen MR) is 91.5 cm³/mol. The van der Waals surface area contributed by atoms with Crippen LogP contribution in [-0.4, -0.2) is 35.4 Å². The van der Waals surface area contributed by atoms with E-state index < -0.39 is 6.10 Å². The van der Waals surface area contributed by atoms with Crippen LogP contribution in [0.5, 0.6) is 11.5 Å². The van der Waals surface area contributed by atoms with Gasteiger partial charge in [-0.1, -0.05) is 31.2 Å². The standard InChI is InChI=1S/C19H21NO4/c1-2-13-3-5-14(6-4-13)11-18-19(23)20(9-10-21)16-8-7-15(22)12-17(16)24-18/h3-8,12,18,21-22H,2,9-11H2,1H3. The number of phenolic OH excluding ortho intramolecular Hbond substituents is 1. The Hall–Kier alpha value is -2.53. The van der Waals surface area contributed by atoms with Gasteiger partial charge in [0.05, 0.1) is 12.3 Å². The molecule has 1 heterocycles. The Kier molecular flexibility index (Phi) is 4.71. The van der Waals surface area contributed by atoms with E-state index in [-0.39, 0.29) is 24.8 Å². The molecule has 2 N–H and O–H groups in total. The van der Waals surface area contributed by atoms with Gasteiger partial charge in [0.15, 0.2) is 6.10 Å². The van der Waals surface area contributed by atoms with Gasteiger partial charge >= 0.3 is 0 Å². The molecule has 0 saturated heterocycles. The third-order valence-corrected chi connectivity index (χ3v) is 4.22. The first-order chi connectivity index (χ1) is 11.6. The highest BCUT2D eigenvalue weighted by Gasteiger charge is 2.34. The normalized spacial score (nSPS) is 16.7. The Bertz CT molecular complexity index is 727. The van der Waals surface area contributed by atoms with Crippen molar-refractivity contribution in [2.24, 2.45) is 0 Å². The number of nitrogens with zero attached hydrogens (tertiary/aromatic N) is 1. The maximum atomic E-state index is 12.7. The highest BCUT2D eigenvalue weighted by atomic mass is 16.5. The van der Waals surface area contributed by atoms with E-state index in [0.29, 0.717) is 17.9 Å². The first-order valence-electron chi connectivity index (χ1n) is 8.12. The number of amides is 1. The number of aliphatic hydroxyl groups is 1. The summed E-state index contributed by atoms with van der Waals surface area (Å²) in [6, 6.07) is 12.7. The Morgan fingerprint density at radius 3 is 2.50 bits per heavy atom. The van der Waals surface area contributed by atoms with E-state index in [9.17, 15) is 15.0 Å². The minimum atomic E-state index is -0.668. The molecule has 24 heavy (non-hydrogen) atoms. The van der Waals surface area contributed by atoms with Crippen molar-refractivity contribution in [1.29, 1.82) is 0 Å². The number of hydrogen-bond acceptors (Lipinski definition) is 4. The molecular formula is C19H21NO4. The molecule has 1 aliphatic rings. The summed E-state index contributed by atoms with van der Waals surface area (Å²) < 4.78 is 5.83. The fourth-order valence-electron chi connectivity index (χ4n) is 2.90. The molecule has 5 nitrogen and oxygen atoms in total. The number of aliphatic hydroxyl groups excluding tert-OH is 1. The number of rotatable bonds is 5. The van der Waals surface area contributed by atoms with Gasteiger partial charge in [0.1, 0.15) is 11.5 Å². The van der Waals surface area contributed by atoms with Crippen molar-refractivity contribution in [1.82, 2.24) is 0 Å². The zero-order chi connectivity index (χ0) is 17.1. The summed E-state index contributed by atoms with van der Waals surface area (Å²) in [6.45, 7) is 2.16. The molecule has 1 unspecified atom stereocenters. The van der Waals surface area contributed by atoms with Crippen molar-refractivity contribution >= 4 is 11.6 Å². The van der Waals surface area contributed by atoms with E-state index in [2.05, 4.69) is 6.92 Å². The number of ether oxygens (including phenoxy) is 1. The molecule has 126 valence electrons. The van der Waals surface area contributed by atoms with Gasteiger partial charge in [0.2, 0.25) is 0 Å². The number of hydrogen-bond donors (Lipinski definition) is 2. The second kappa shape index (κ2) is 6.93. The van der Waals surface area contributed by atoms with E-state index >= 15 is 0 Å². The first kappa shape index (κ1) is 16.3. The van der Waals surface area contributed by atoms with Crippen LogP contribution in [-0.2, 0) is 17.6 Å². The number of aromatic hydroxyl groups is 1. The van der Waals surface area contributed by atoms with Crippen molar-refractivity contribution in [2.75, 3.05) is 18.1 Å². The second-order valence-electron chi connectivity index (χ2n) is 5.85. The van der Waals surface area contributed by atoms with Crippen molar-refractivity contribution in [3.8, 4) is 11.5 Å². The molecule has 0 saturated carbocycles. The number of benzene rings is 2. The Balaban J connectivity index is 1.87. The maximum absolute atomic E-state index is 12.7. The second-order valence-corrected chi connectivity index (χ2v) is 5.85. The van der Waals surface area contributed by atoms with Gasteiger partial charge in [-0.3, -0.25) is 4.79 Å². The molecule has 0 spiro atoms. The van der Waals surface area contributed by atoms with Crippen LogP contribution in [0, 0.1) is 0 Å². The molecule has 0 bridgehead atoms. The molecular weight excluding hydrogens is 306 g/mol. The van der Waals surface area contributed by atoms with Gasteiger partial charge in [-0.25, -0.2) is 0 Å². The smallest absolute Gasteiger partial charge is 0.268 e. The molecule has 5 heteroatoms. The molecule has 0 fully saturated rings. The number of carbonyl (C=O) groups excluding carboxylic acids is 1. The van der Waals surface area contributed by atoms with Crippen LogP contribution < -0.4 is 9.64 Å². The lowest BCUT2D eigenvalue weighted by molar-refractivity contribution is -0.126. The first-order valence-corrected chi connectivity index (χ1v) is 8.12. The Labute approximate surface area is 141 Å². The number of β-amino-alcohol motifs (C(OH)–C–C–N with tert-alkyl or cyclic N) is 1. The lowest BCUT2D eigenvalue weighted by Crippen LogP contribution is -2.48. The molecule has 1 aliphatic heterocycles. The average Bonchev–Trinajstić information content (AvgIpc) is 2.59. The minimum Gasteiger partial charge on any atom is -0.508 e. The summed E-state index contributed by atoms with van der Waals surface area (Å²) in [6.07, 6.45) is 0.744. The Morgan fingerprint density at radius 1 is 1.12 bits per heavy atom.